The summed E-state index contributed by atoms with van der Waals surface area (Å²) in [5.74, 6) is 0.693. The Balaban J connectivity index is 4.77. The maximum Gasteiger partial charge on any atom is 0.193 e. The van der Waals surface area contributed by atoms with Gasteiger partial charge < -0.3 is 9.53 Å². The minimum Gasteiger partial charge on any atom is -0.408 e. The number of hydrogen-bond donors (Lipinski definition) is 1. The molecule has 0 saturated heterocycles. The van der Waals surface area contributed by atoms with Gasteiger partial charge in [0.25, 0.3) is 0 Å². The molecule has 0 aromatic rings. The van der Waals surface area contributed by atoms with Crippen LogP contribution < -0.4 is 0 Å². The van der Waals surface area contributed by atoms with Crippen LogP contribution in [0, 0.1) is 5.92 Å². The van der Waals surface area contributed by atoms with Crippen molar-refractivity contribution in [3.63, 3.8) is 0 Å². The van der Waals surface area contributed by atoms with Crippen molar-refractivity contribution in [2.75, 3.05) is 0 Å². The Kier molecular flexibility index (Phi) is 14.4. The van der Waals surface area contributed by atoms with E-state index in [1.54, 1.807) is 0 Å². The lowest BCUT2D eigenvalue weighted by Gasteiger charge is -2.39. The topological polar surface area (TPSA) is 29.5 Å². The first-order valence-corrected chi connectivity index (χ1v) is 14.6. The quantitative estimate of drug-likeness (QED) is 0.168. The first-order valence-electron chi connectivity index (χ1n) is 11.7. The second-order valence-electron chi connectivity index (χ2n) is 10.2. The third-order valence-electron chi connectivity index (χ3n) is 5.87. The molecule has 2 atom stereocenters. The third-order valence-corrected chi connectivity index (χ3v) is 10.3. The number of rotatable bonds is 15. The highest BCUT2D eigenvalue weighted by atomic mass is 28.4. The smallest absolute Gasteiger partial charge is 0.193 e. The van der Waals surface area contributed by atoms with Crippen molar-refractivity contribution in [2.45, 2.75) is 130 Å². The fraction of sp³-hybridized carbons (Fsp3) is 0.840. The molecule has 166 valence electrons. The lowest BCUT2D eigenvalue weighted by Crippen LogP contribution is -2.46. The second kappa shape index (κ2) is 14.6. The Morgan fingerprint density at radius 1 is 0.893 bits per heavy atom. The molecule has 0 aliphatic heterocycles. The van der Waals surface area contributed by atoms with E-state index in [2.05, 4.69) is 72.9 Å². The fourth-order valence-corrected chi connectivity index (χ4v) is 4.04. The van der Waals surface area contributed by atoms with Gasteiger partial charge >= 0.3 is 0 Å². The molecule has 28 heavy (non-hydrogen) atoms. The molecule has 0 aliphatic carbocycles. The van der Waals surface area contributed by atoms with Crippen molar-refractivity contribution in [1.29, 1.82) is 0 Å². The van der Waals surface area contributed by atoms with Gasteiger partial charge in [-0.3, -0.25) is 0 Å². The van der Waals surface area contributed by atoms with Gasteiger partial charge in [0.2, 0.25) is 0 Å². The highest BCUT2D eigenvalue weighted by molar-refractivity contribution is 6.74. The highest BCUT2D eigenvalue weighted by Gasteiger charge is 2.39. The van der Waals surface area contributed by atoms with E-state index >= 15 is 0 Å². The molecule has 0 aliphatic rings. The van der Waals surface area contributed by atoms with Crippen molar-refractivity contribution in [3.8, 4) is 0 Å². The van der Waals surface area contributed by atoms with Gasteiger partial charge in [0.15, 0.2) is 8.32 Å². The molecule has 1 N–H and O–H groups in total. The molecule has 3 heteroatoms. The summed E-state index contributed by atoms with van der Waals surface area (Å²) >= 11 is 0. The fourth-order valence-electron chi connectivity index (χ4n) is 2.79. The zero-order valence-corrected chi connectivity index (χ0v) is 21.3. The highest BCUT2D eigenvalue weighted by Crippen LogP contribution is 2.37. The van der Waals surface area contributed by atoms with Gasteiger partial charge in [0.05, 0.1) is 6.10 Å². The van der Waals surface area contributed by atoms with Crippen molar-refractivity contribution in [3.05, 3.63) is 24.3 Å². The molecule has 0 rings (SSSR count). The Morgan fingerprint density at radius 2 is 1.46 bits per heavy atom. The number of aliphatic hydroxyl groups is 1. The van der Waals surface area contributed by atoms with E-state index in [1.807, 2.05) is 6.08 Å². The van der Waals surface area contributed by atoms with Crippen LogP contribution in [0.2, 0.25) is 18.1 Å². The molecular weight excluding hydrogens is 360 g/mol. The summed E-state index contributed by atoms with van der Waals surface area (Å²) < 4.78 is 6.55. The van der Waals surface area contributed by atoms with Gasteiger partial charge in [0, 0.05) is 0 Å². The van der Waals surface area contributed by atoms with Crippen LogP contribution in [0.3, 0.4) is 0 Å². The van der Waals surface area contributed by atoms with Gasteiger partial charge in [0.1, 0.15) is 6.10 Å². The largest absolute Gasteiger partial charge is 0.408 e. The van der Waals surface area contributed by atoms with E-state index < -0.39 is 14.4 Å². The molecule has 0 aromatic heterocycles. The van der Waals surface area contributed by atoms with Crippen LogP contribution in [0.5, 0.6) is 0 Å². The van der Waals surface area contributed by atoms with Crippen LogP contribution in [0.4, 0.5) is 0 Å². The molecule has 0 amide bonds. The summed E-state index contributed by atoms with van der Waals surface area (Å²) in [7, 11) is -1.93. The maximum absolute atomic E-state index is 10.8. The van der Waals surface area contributed by atoms with E-state index in [1.165, 1.54) is 38.5 Å². The summed E-state index contributed by atoms with van der Waals surface area (Å²) in [6.07, 6.45) is 18.7. The molecule has 2 nitrogen and oxygen atoms in total. The Morgan fingerprint density at radius 3 is 2.04 bits per heavy atom. The zero-order chi connectivity index (χ0) is 21.6. The van der Waals surface area contributed by atoms with Crippen LogP contribution in [-0.4, -0.2) is 25.6 Å². The third kappa shape index (κ3) is 13.0. The lowest BCUT2D eigenvalue weighted by molar-refractivity contribution is 0.0870. The van der Waals surface area contributed by atoms with Gasteiger partial charge in [-0.15, -0.1) is 0 Å². The molecule has 0 aromatic carbocycles. The minimum absolute atomic E-state index is 0.138. The van der Waals surface area contributed by atoms with E-state index in [4.69, 9.17) is 4.43 Å². The van der Waals surface area contributed by atoms with Crippen LogP contribution in [0.1, 0.15) is 99.3 Å². The monoisotopic (exact) mass is 410 g/mol. The predicted octanol–water partition coefficient (Wildman–Crippen LogP) is 8.04. The molecule has 0 unspecified atom stereocenters. The van der Waals surface area contributed by atoms with Crippen molar-refractivity contribution in [1.82, 2.24) is 0 Å². The number of allylic oxidation sites excluding steroid dienone is 2. The summed E-state index contributed by atoms with van der Waals surface area (Å²) in [6, 6.07) is 0. The Bertz CT molecular complexity index is 432. The van der Waals surface area contributed by atoms with E-state index in [9.17, 15) is 5.11 Å². The zero-order valence-electron chi connectivity index (χ0n) is 20.3. The van der Waals surface area contributed by atoms with E-state index in [0.717, 1.165) is 19.3 Å². The predicted molar refractivity (Wildman–Crippen MR) is 128 cm³/mol. The van der Waals surface area contributed by atoms with Gasteiger partial charge in [-0.05, 0) is 49.7 Å². The first-order chi connectivity index (χ1) is 13.0. The molecule has 0 saturated carbocycles. The van der Waals surface area contributed by atoms with Gasteiger partial charge in [-0.25, -0.2) is 0 Å². The summed E-state index contributed by atoms with van der Waals surface area (Å²) in [5.41, 5.74) is 0. The summed E-state index contributed by atoms with van der Waals surface area (Å²) in [4.78, 5) is 0. The average Bonchev–Trinajstić information content (AvgIpc) is 2.58. The van der Waals surface area contributed by atoms with Gasteiger partial charge in [-0.2, -0.15) is 0 Å². The molecule has 0 bridgehead atoms. The maximum atomic E-state index is 10.8. The van der Waals surface area contributed by atoms with Crippen LogP contribution in [-0.2, 0) is 4.43 Å². The average molecular weight is 411 g/mol. The van der Waals surface area contributed by atoms with Crippen molar-refractivity contribution >= 4 is 8.32 Å². The molecular formula is C25H50O2Si. The summed E-state index contributed by atoms with van der Waals surface area (Å²) in [6.45, 7) is 18.0. The minimum atomic E-state index is -1.93. The van der Waals surface area contributed by atoms with Crippen LogP contribution in [0.15, 0.2) is 24.3 Å². The standard InChI is InChI=1S/C25H50O2Si/c1-9-10-11-12-13-14-15-16-21-24(27-28(7,8)25(4,5)6)23(26)20-18-17-19-22(2)3/h16,18,20-24,26H,9-15,17,19H2,1-8H3/b20-18+,21-16+/t23-,24-/m0/s1. The molecule has 0 radical (unpaired) electrons. The number of unbranched alkanes of at least 4 members (excludes halogenated alkanes) is 6. The Hall–Kier alpha value is -0.383. The van der Waals surface area contributed by atoms with Crippen LogP contribution in [0.25, 0.3) is 0 Å². The summed E-state index contributed by atoms with van der Waals surface area (Å²) in [5, 5.41) is 10.9. The number of aliphatic hydroxyl groups excluding tert-OH is 1. The molecule has 0 heterocycles. The first kappa shape index (κ1) is 27.6. The van der Waals surface area contributed by atoms with Crippen LogP contribution >= 0.6 is 0 Å². The molecule has 0 spiro atoms. The van der Waals surface area contributed by atoms with Crippen molar-refractivity contribution < 1.29 is 9.53 Å². The second-order valence-corrected chi connectivity index (χ2v) is 15.0. The number of hydrogen-bond acceptors (Lipinski definition) is 2. The molecule has 0 fully saturated rings. The van der Waals surface area contributed by atoms with Crippen molar-refractivity contribution in [2.24, 2.45) is 5.92 Å². The normalized spacial score (nSPS) is 15.8. The lowest BCUT2D eigenvalue weighted by atomic mass is 10.1. The van der Waals surface area contributed by atoms with E-state index in [-0.39, 0.29) is 11.1 Å². The van der Waals surface area contributed by atoms with Gasteiger partial charge in [-0.1, -0.05) is 98.0 Å². The Labute approximate surface area is 178 Å². The van der Waals surface area contributed by atoms with E-state index in [0.29, 0.717) is 5.92 Å². The SMILES string of the molecule is CCCCCCCC/C=C/[C@H](O[Si](C)(C)C(C)(C)C)[C@@H](O)/C=C/CCC(C)C.